The Hall–Kier alpha value is -2.12. The number of methoxy groups -OCH3 is 1. The Kier molecular flexibility index (Phi) is 4.91. The number of aromatic nitrogens is 2. The van der Waals surface area contributed by atoms with Crippen LogP contribution in [0.4, 0.5) is 0 Å². The molecule has 0 saturated carbocycles. The second-order valence-corrected chi connectivity index (χ2v) is 4.69. The molecular weight excluding hydrogens is 250 g/mol. The maximum Gasteiger partial charge on any atom is 0.0994 e. The molecule has 0 aliphatic carbocycles. The molecule has 4 nitrogen and oxygen atoms in total. The quantitative estimate of drug-likeness (QED) is 0.810. The summed E-state index contributed by atoms with van der Waals surface area (Å²) in [5, 5.41) is 13.6. The van der Waals surface area contributed by atoms with Crippen molar-refractivity contribution in [1.29, 1.82) is 5.26 Å². The molecule has 1 aromatic carbocycles. The predicted octanol–water partition coefficient (Wildman–Crippen LogP) is 2.94. The summed E-state index contributed by atoms with van der Waals surface area (Å²) in [5.41, 5.74) is 2.96. The molecule has 104 valence electrons. The molecule has 0 aliphatic rings. The SMILES string of the molecule is CC[C@@H](c1cnn(CCOC)c1)c1ccccc1C#N. The predicted molar refractivity (Wildman–Crippen MR) is 77.4 cm³/mol. The molecule has 1 aromatic heterocycles. The topological polar surface area (TPSA) is 50.8 Å². The van der Waals surface area contributed by atoms with Gasteiger partial charge >= 0.3 is 0 Å². The third-order valence-electron chi connectivity index (χ3n) is 3.45. The number of hydrogen-bond acceptors (Lipinski definition) is 3. The van der Waals surface area contributed by atoms with Gasteiger partial charge in [-0.25, -0.2) is 0 Å². The van der Waals surface area contributed by atoms with Crippen LogP contribution in [0.3, 0.4) is 0 Å². The third kappa shape index (κ3) is 3.06. The second kappa shape index (κ2) is 6.88. The molecule has 2 rings (SSSR count). The molecule has 0 N–H and O–H groups in total. The molecule has 0 unspecified atom stereocenters. The minimum atomic E-state index is 0.210. The van der Waals surface area contributed by atoms with Crippen molar-refractivity contribution >= 4 is 0 Å². The number of rotatable bonds is 6. The number of nitriles is 1. The summed E-state index contributed by atoms with van der Waals surface area (Å²) < 4.78 is 6.94. The van der Waals surface area contributed by atoms with Crippen molar-refractivity contribution in [2.24, 2.45) is 0 Å². The van der Waals surface area contributed by atoms with Crippen LogP contribution in [0, 0.1) is 11.3 Å². The van der Waals surface area contributed by atoms with E-state index in [9.17, 15) is 5.26 Å². The van der Waals surface area contributed by atoms with E-state index in [1.165, 1.54) is 0 Å². The van der Waals surface area contributed by atoms with E-state index in [4.69, 9.17) is 4.74 Å². The van der Waals surface area contributed by atoms with Gasteiger partial charge in [-0.3, -0.25) is 4.68 Å². The Balaban J connectivity index is 2.28. The van der Waals surface area contributed by atoms with Gasteiger partial charge in [-0.15, -0.1) is 0 Å². The standard InChI is InChI=1S/C16H19N3O/c1-3-15(16-7-5-4-6-13(16)10-17)14-11-18-19(12-14)8-9-20-2/h4-7,11-12,15H,3,8-9H2,1-2H3/t15-/m0/s1. The Labute approximate surface area is 119 Å². The molecule has 1 atom stereocenters. The van der Waals surface area contributed by atoms with Gasteiger partial charge in [0.05, 0.1) is 31.0 Å². The minimum absolute atomic E-state index is 0.210. The van der Waals surface area contributed by atoms with Crippen LogP contribution >= 0.6 is 0 Å². The molecule has 0 radical (unpaired) electrons. The van der Waals surface area contributed by atoms with Crippen LogP contribution in [0.1, 0.15) is 36.0 Å². The first-order chi connectivity index (χ1) is 9.80. The summed E-state index contributed by atoms with van der Waals surface area (Å²) in [6.07, 6.45) is 4.87. The fourth-order valence-electron chi connectivity index (χ4n) is 2.40. The normalized spacial score (nSPS) is 12.1. The molecule has 1 heterocycles. The average Bonchev–Trinajstić information content (AvgIpc) is 2.95. The molecule has 4 heteroatoms. The lowest BCUT2D eigenvalue weighted by atomic mass is 9.88. The van der Waals surface area contributed by atoms with Gasteiger partial charge in [-0.05, 0) is 23.6 Å². The summed E-state index contributed by atoms with van der Waals surface area (Å²) in [6.45, 7) is 3.52. The van der Waals surface area contributed by atoms with Gasteiger partial charge in [-0.1, -0.05) is 25.1 Å². The molecule has 2 aromatic rings. The van der Waals surface area contributed by atoms with E-state index in [-0.39, 0.29) is 5.92 Å². The van der Waals surface area contributed by atoms with Gasteiger partial charge in [0.1, 0.15) is 0 Å². The highest BCUT2D eigenvalue weighted by molar-refractivity contribution is 5.43. The summed E-state index contributed by atoms with van der Waals surface area (Å²) in [7, 11) is 1.68. The largest absolute Gasteiger partial charge is 0.383 e. The molecule has 0 bridgehead atoms. The van der Waals surface area contributed by atoms with Crippen LogP contribution in [-0.2, 0) is 11.3 Å². The lowest BCUT2D eigenvalue weighted by Crippen LogP contribution is -2.05. The number of nitrogens with zero attached hydrogens (tertiary/aromatic N) is 3. The summed E-state index contributed by atoms with van der Waals surface area (Å²) in [5.74, 6) is 0.210. The van der Waals surface area contributed by atoms with E-state index >= 15 is 0 Å². The van der Waals surface area contributed by atoms with Crippen LogP contribution < -0.4 is 0 Å². The lowest BCUT2D eigenvalue weighted by Gasteiger charge is -2.14. The maximum atomic E-state index is 9.24. The van der Waals surface area contributed by atoms with E-state index in [1.54, 1.807) is 7.11 Å². The zero-order valence-electron chi connectivity index (χ0n) is 11.9. The van der Waals surface area contributed by atoms with Gasteiger partial charge in [0.2, 0.25) is 0 Å². The van der Waals surface area contributed by atoms with E-state index < -0.39 is 0 Å². The van der Waals surface area contributed by atoms with E-state index in [0.29, 0.717) is 6.61 Å². The fraction of sp³-hybridized carbons (Fsp3) is 0.375. The third-order valence-corrected chi connectivity index (χ3v) is 3.45. The van der Waals surface area contributed by atoms with Crippen molar-refractivity contribution in [1.82, 2.24) is 9.78 Å². The summed E-state index contributed by atoms with van der Waals surface area (Å²) in [6, 6.07) is 10.0. The zero-order chi connectivity index (χ0) is 14.4. The van der Waals surface area contributed by atoms with Crippen molar-refractivity contribution < 1.29 is 4.74 Å². The second-order valence-electron chi connectivity index (χ2n) is 4.69. The van der Waals surface area contributed by atoms with Gasteiger partial charge in [0.15, 0.2) is 0 Å². The Morgan fingerprint density at radius 1 is 1.40 bits per heavy atom. The van der Waals surface area contributed by atoms with Crippen molar-refractivity contribution in [2.45, 2.75) is 25.8 Å². The first-order valence-corrected chi connectivity index (χ1v) is 6.80. The molecule has 0 saturated heterocycles. The van der Waals surface area contributed by atoms with Crippen LogP contribution in [0.15, 0.2) is 36.7 Å². The average molecular weight is 269 g/mol. The maximum absolute atomic E-state index is 9.24. The molecule has 0 fully saturated rings. The summed E-state index contributed by atoms with van der Waals surface area (Å²) >= 11 is 0. The monoisotopic (exact) mass is 269 g/mol. The Morgan fingerprint density at radius 3 is 2.90 bits per heavy atom. The molecular formula is C16H19N3O. The minimum Gasteiger partial charge on any atom is -0.383 e. The first kappa shape index (κ1) is 14.3. The van der Waals surface area contributed by atoms with E-state index in [1.807, 2.05) is 41.3 Å². The van der Waals surface area contributed by atoms with Gasteiger partial charge in [-0.2, -0.15) is 10.4 Å². The highest BCUT2D eigenvalue weighted by atomic mass is 16.5. The molecule has 0 spiro atoms. The van der Waals surface area contributed by atoms with Crippen LogP contribution in [0.2, 0.25) is 0 Å². The summed E-state index contributed by atoms with van der Waals surface area (Å²) in [4.78, 5) is 0. The van der Waals surface area contributed by atoms with Crippen molar-refractivity contribution in [3.8, 4) is 6.07 Å². The fourth-order valence-corrected chi connectivity index (χ4v) is 2.40. The van der Waals surface area contributed by atoms with Crippen LogP contribution in [0.5, 0.6) is 0 Å². The van der Waals surface area contributed by atoms with Gasteiger partial charge in [0, 0.05) is 19.2 Å². The zero-order valence-corrected chi connectivity index (χ0v) is 11.9. The highest BCUT2D eigenvalue weighted by Gasteiger charge is 2.17. The van der Waals surface area contributed by atoms with Crippen molar-refractivity contribution in [3.05, 3.63) is 53.3 Å². The molecule has 0 amide bonds. The molecule has 0 aliphatic heterocycles. The van der Waals surface area contributed by atoms with E-state index in [2.05, 4.69) is 18.1 Å². The number of benzene rings is 1. The van der Waals surface area contributed by atoms with Crippen LogP contribution in [-0.4, -0.2) is 23.5 Å². The van der Waals surface area contributed by atoms with Gasteiger partial charge in [0.25, 0.3) is 0 Å². The molecule has 20 heavy (non-hydrogen) atoms. The van der Waals surface area contributed by atoms with Crippen LogP contribution in [0.25, 0.3) is 0 Å². The Bertz CT molecular complexity index is 598. The Morgan fingerprint density at radius 2 is 2.20 bits per heavy atom. The lowest BCUT2D eigenvalue weighted by molar-refractivity contribution is 0.183. The first-order valence-electron chi connectivity index (χ1n) is 6.80. The number of hydrogen-bond donors (Lipinski definition) is 0. The number of ether oxygens (including phenoxy) is 1. The van der Waals surface area contributed by atoms with Gasteiger partial charge < -0.3 is 4.74 Å². The van der Waals surface area contributed by atoms with Crippen molar-refractivity contribution in [3.63, 3.8) is 0 Å². The smallest absolute Gasteiger partial charge is 0.0994 e. The van der Waals surface area contributed by atoms with E-state index in [0.717, 1.165) is 29.7 Å². The van der Waals surface area contributed by atoms with Crippen molar-refractivity contribution in [2.75, 3.05) is 13.7 Å². The highest BCUT2D eigenvalue weighted by Crippen LogP contribution is 2.29.